The molecule has 1 amide bonds. The van der Waals surface area contributed by atoms with Crippen molar-refractivity contribution in [1.82, 2.24) is 4.90 Å². The maximum absolute atomic E-state index is 11.5. The third kappa shape index (κ3) is 3.50. The van der Waals surface area contributed by atoms with Gasteiger partial charge in [-0.05, 0) is 12.8 Å². The van der Waals surface area contributed by atoms with E-state index in [2.05, 4.69) is 5.92 Å². The van der Waals surface area contributed by atoms with Crippen LogP contribution < -0.4 is 0 Å². The predicted octanol–water partition coefficient (Wildman–Crippen LogP) is 1.80. The highest BCUT2D eigenvalue weighted by atomic mass is 16.2. The van der Waals surface area contributed by atoms with Gasteiger partial charge in [-0.1, -0.05) is 12.8 Å². The summed E-state index contributed by atoms with van der Waals surface area (Å²) in [7, 11) is 0. The van der Waals surface area contributed by atoms with Crippen LogP contribution in [-0.4, -0.2) is 23.9 Å². The SMILES string of the molecule is C#CCCC(=O)N1CCCCCC1. The van der Waals surface area contributed by atoms with Gasteiger partial charge in [0.05, 0.1) is 0 Å². The zero-order chi connectivity index (χ0) is 9.52. The Bertz CT molecular complexity index is 197. The summed E-state index contributed by atoms with van der Waals surface area (Å²) < 4.78 is 0. The standard InChI is InChI=1S/C11H17NO/c1-2-3-8-11(13)12-9-6-4-5-7-10-12/h1H,3-10H2. The fourth-order valence-electron chi connectivity index (χ4n) is 1.66. The number of terminal acetylenes is 1. The molecule has 1 aliphatic heterocycles. The normalized spacial score (nSPS) is 17.6. The minimum Gasteiger partial charge on any atom is -0.343 e. The van der Waals surface area contributed by atoms with E-state index in [1.54, 1.807) is 0 Å². The number of nitrogens with zero attached hydrogens (tertiary/aromatic N) is 1. The van der Waals surface area contributed by atoms with Crippen molar-refractivity contribution in [3.05, 3.63) is 0 Å². The van der Waals surface area contributed by atoms with E-state index in [4.69, 9.17) is 6.42 Å². The summed E-state index contributed by atoms with van der Waals surface area (Å²) in [6, 6.07) is 0. The van der Waals surface area contributed by atoms with E-state index in [1.165, 1.54) is 12.8 Å². The second-order valence-corrected chi connectivity index (χ2v) is 3.50. The van der Waals surface area contributed by atoms with Gasteiger partial charge in [0.2, 0.25) is 5.91 Å². The Labute approximate surface area is 80.3 Å². The lowest BCUT2D eigenvalue weighted by molar-refractivity contribution is -0.131. The van der Waals surface area contributed by atoms with Gasteiger partial charge in [-0.3, -0.25) is 4.79 Å². The molecule has 0 bridgehead atoms. The Morgan fingerprint density at radius 3 is 2.38 bits per heavy atom. The molecule has 0 saturated carbocycles. The van der Waals surface area contributed by atoms with Gasteiger partial charge in [-0.2, -0.15) is 0 Å². The Morgan fingerprint density at radius 1 is 1.23 bits per heavy atom. The predicted molar refractivity (Wildman–Crippen MR) is 53.1 cm³/mol. The fourth-order valence-corrected chi connectivity index (χ4v) is 1.66. The van der Waals surface area contributed by atoms with Crippen molar-refractivity contribution in [2.75, 3.05) is 13.1 Å². The summed E-state index contributed by atoms with van der Waals surface area (Å²) >= 11 is 0. The Hall–Kier alpha value is -0.970. The number of carbonyl (C=O) groups excluding carboxylic acids is 1. The van der Waals surface area contributed by atoms with Crippen LogP contribution in [0.4, 0.5) is 0 Å². The molecule has 1 aliphatic rings. The second kappa shape index (κ2) is 5.64. The third-order valence-corrected chi connectivity index (χ3v) is 2.44. The van der Waals surface area contributed by atoms with Crippen molar-refractivity contribution in [1.29, 1.82) is 0 Å². The Balaban J connectivity index is 2.31. The van der Waals surface area contributed by atoms with E-state index < -0.39 is 0 Å². The lowest BCUT2D eigenvalue weighted by Crippen LogP contribution is -2.31. The highest BCUT2D eigenvalue weighted by molar-refractivity contribution is 5.76. The maximum atomic E-state index is 11.5. The summed E-state index contributed by atoms with van der Waals surface area (Å²) in [5.41, 5.74) is 0. The quantitative estimate of drug-likeness (QED) is 0.592. The molecule has 0 atom stereocenters. The molecule has 0 aromatic carbocycles. The third-order valence-electron chi connectivity index (χ3n) is 2.44. The monoisotopic (exact) mass is 179 g/mol. The van der Waals surface area contributed by atoms with Gasteiger partial charge in [0.25, 0.3) is 0 Å². The van der Waals surface area contributed by atoms with Crippen LogP contribution in [0.15, 0.2) is 0 Å². The topological polar surface area (TPSA) is 20.3 Å². The molecule has 1 rings (SSSR count). The lowest BCUT2D eigenvalue weighted by atomic mass is 10.2. The molecular formula is C11H17NO. The summed E-state index contributed by atoms with van der Waals surface area (Å²) in [6.07, 6.45) is 11.1. The van der Waals surface area contributed by atoms with Gasteiger partial charge in [0.1, 0.15) is 0 Å². The van der Waals surface area contributed by atoms with Gasteiger partial charge in [0, 0.05) is 25.9 Å². The van der Waals surface area contributed by atoms with E-state index in [0.29, 0.717) is 12.8 Å². The molecule has 13 heavy (non-hydrogen) atoms. The zero-order valence-electron chi connectivity index (χ0n) is 8.09. The molecule has 72 valence electrons. The van der Waals surface area contributed by atoms with Crippen molar-refractivity contribution in [2.24, 2.45) is 0 Å². The van der Waals surface area contributed by atoms with Gasteiger partial charge < -0.3 is 4.90 Å². The molecule has 0 aromatic rings. The molecule has 2 heteroatoms. The van der Waals surface area contributed by atoms with Gasteiger partial charge in [-0.15, -0.1) is 12.3 Å². The first kappa shape index (κ1) is 10.1. The molecule has 0 radical (unpaired) electrons. The van der Waals surface area contributed by atoms with Crippen LogP contribution >= 0.6 is 0 Å². The van der Waals surface area contributed by atoms with Crippen molar-refractivity contribution in [3.8, 4) is 12.3 Å². The average Bonchev–Trinajstić information content (AvgIpc) is 2.42. The van der Waals surface area contributed by atoms with Crippen molar-refractivity contribution in [2.45, 2.75) is 38.5 Å². The van der Waals surface area contributed by atoms with Crippen LogP contribution in [0.1, 0.15) is 38.5 Å². The van der Waals surface area contributed by atoms with Crippen molar-refractivity contribution in [3.63, 3.8) is 0 Å². The van der Waals surface area contributed by atoms with Gasteiger partial charge in [-0.25, -0.2) is 0 Å². The molecule has 0 aromatic heterocycles. The number of hydrogen-bond acceptors (Lipinski definition) is 1. The summed E-state index contributed by atoms with van der Waals surface area (Å²) in [6.45, 7) is 1.87. The number of amides is 1. The summed E-state index contributed by atoms with van der Waals surface area (Å²) in [5.74, 6) is 2.74. The highest BCUT2D eigenvalue weighted by Crippen LogP contribution is 2.10. The van der Waals surface area contributed by atoms with E-state index in [0.717, 1.165) is 25.9 Å². The van der Waals surface area contributed by atoms with Crippen LogP contribution in [0.3, 0.4) is 0 Å². The molecule has 0 aliphatic carbocycles. The fraction of sp³-hybridized carbons (Fsp3) is 0.727. The molecule has 1 heterocycles. The Morgan fingerprint density at radius 2 is 1.85 bits per heavy atom. The number of hydrogen-bond donors (Lipinski definition) is 0. The lowest BCUT2D eigenvalue weighted by Gasteiger charge is -2.19. The first-order chi connectivity index (χ1) is 6.34. The largest absolute Gasteiger partial charge is 0.343 e. The van der Waals surface area contributed by atoms with E-state index in [-0.39, 0.29) is 5.91 Å². The number of rotatable bonds is 2. The number of likely N-dealkylation sites (tertiary alicyclic amines) is 1. The Kier molecular flexibility index (Phi) is 4.39. The molecule has 2 nitrogen and oxygen atoms in total. The number of carbonyl (C=O) groups is 1. The molecule has 0 N–H and O–H groups in total. The molecular weight excluding hydrogens is 162 g/mol. The van der Waals surface area contributed by atoms with Crippen LogP contribution in [0.25, 0.3) is 0 Å². The summed E-state index contributed by atoms with van der Waals surface area (Å²) in [5, 5.41) is 0. The molecule has 1 fully saturated rings. The highest BCUT2D eigenvalue weighted by Gasteiger charge is 2.13. The average molecular weight is 179 g/mol. The van der Waals surface area contributed by atoms with E-state index >= 15 is 0 Å². The molecule has 0 unspecified atom stereocenters. The zero-order valence-corrected chi connectivity index (χ0v) is 8.09. The first-order valence-corrected chi connectivity index (χ1v) is 5.06. The van der Waals surface area contributed by atoms with Crippen LogP contribution in [0.2, 0.25) is 0 Å². The van der Waals surface area contributed by atoms with Crippen molar-refractivity contribution < 1.29 is 4.79 Å². The molecule has 0 spiro atoms. The second-order valence-electron chi connectivity index (χ2n) is 3.50. The first-order valence-electron chi connectivity index (χ1n) is 5.06. The smallest absolute Gasteiger partial charge is 0.223 e. The van der Waals surface area contributed by atoms with Crippen molar-refractivity contribution >= 4 is 5.91 Å². The van der Waals surface area contributed by atoms with Crippen LogP contribution in [0, 0.1) is 12.3 Å². The van der Waals surface area contributed by atoms with Crippen LogP contribution in [-0.2, 0) is 4.79 Å². The summed E-state index contributed by atoms with van der Waals surface area (Å²) in [4.78, 5) is 13.5. The van der Waals surface area contributed by atoms with E-state index in [1.807, 2.05) is 4.90 Å². The maximum Gasteiger partial charge on any atom is 0.223 e. The van der Waals surface area contributed by atoms with Gasteiger partial charge >= 0.3 is 0 Å². The minimum absolute atomic E-state index is 0.236. The minimum atomic E-state index is 0.236. The van der Waals surface area contributed by atoms with E-state index in [9.17, 15) is 4.79 Å². The van der Waals surface area contributed by atoms with Gasteiger partial charge in [0.15, 0.2) is 0 Å². The molecule has 1 saturated heterocycles. The van der Waals surface area contributed by atoms with Crippen LogP contribution in [0.5, 0.6) is 0 Å².